The number of rotatable bonds is 4. The molecule has 2 aromatic rings. The van der Waals surface area contributed by atoms with Gasteiger partial charge in [0.25, 0.3) is 5.91 Å². The fraction of sp³-hybridized carbons (Fsp3) is 0.375. The lowest BCUT2D eigenvalue weighted by Crippen LogP contribution is -2.42. The van der Waals surface area contributed by atoms with Gasteiger partial charge in [-0.3, -0.25) is 4.79 Å². The Balaban J connectivity index is 1.59. The Morgan fingerprint density at radius 2 is 2.00 bits per heavy atom. The minimum atomic E-state index is -0.0621. The number of likely N-dealkylation sites (tertiary alicyclic amines) is 1. The van der Waals surface area contributed by atoms with Gasteiger partial charge in [-0.15, -0.1) is 5.10 Å². The van der Waals surface area contributed by atoms with Crippen LogP contribution in [-0.2, 0) is 0 Å². The number of aromatic nitrogens is 3. The molecule has 0 bridgehead atoms. The number of amides is 1. The summed E-state index contributed by atoms with van der Waals surface area (Å²) in [6.07, 6.45) is 4.77. The van der Waals surface area contributed by atoms with Crippen LogP contribution in [0.25, 0.3) is 0 Å². The van der Waals surface area contributed by atoms with E-state index in [0.29, 0.717) is 30.4 Å². The van der Waals surface area contributed by atoms with Crippen LogP contribution in [-0.4, -0.2) is 52.3 Å². The number of hydrogen-bond acceptors (Lipinski definition) is 6. The van der Waals surface area contributed by atoms with Gasteiger partial charge in [-0.2, -0.15) is 5.10 Å². The van der Waals surface area contributed by atoms with Gasteiger partial charge in [-0.05, 0) is 18.2 Å². The van der Waals surface area contributed by atoms with Crippen LogP contribution in [0.2, 0.25) is 0 Å². The molecular weight excluding hydrogens is 296 g/mol. The van der Waals surface area contributed by atoms with Crippen LogP contribution in [0.5, 0.6) is 11.8 Å². The molecule has 23 heavy (non-hydrogen) atoms. The van der Waals surface area contributed by atoms with E-state index in [1.807, 2.05) is 0 Å². The van der Waals surface area contributed by atoms with Crippen molar-refractivity contribution in [3.63, 3.8) is 0 Å². The maximum Gasteiger partial charge on any atom is 0.259 e. The molecule has 2 aromatic heterocycles. The Hall–Kier alpha value is -2.70. The van der Waals surface area contributed by atoms with Crippen LogP contribution in [0.1, 0.15) is 23.2 Å². The molecule has 120 valence electrons. The van der Waals surface area contributed by atoms with E-state index in [2.05, 4.69) is 15.2 Å². The molecule has 1 saturated heterocycles. The third-order valence-corrected chi connectivity index (χ3v) is 3.76. The quantitative estimate of drug-likeness (QED) is 0.852. The van der Waals surface area contributed by atoms with Gasteiger partial charge in [-0.1, -0.05) is 0 Å². The third kappa shape index (κ3) is 3.56. The third-order valence-electron chi connectivity index (χ3n) is 3.76. The normalized spacial score (nSPS) is 15.3. The molecule has 1 amide bonds. The van der Waals surface area contributed by atoms with Gasteiger partial charge in [0, 0.05) is 44.4 Å². The average Bonchev–Trinajstić information content (AvgIpc) is 2.62. The monoisotopic (exact) mass is 314 g/mol. The lowest BCUT2D eigenvalue weighted by atomic mass is 10.1. The summed E-state index contributed by atoms with van der Waals surface area (Å²) >= 11 is 0. The molecule has 3 rings (SSSR count). The van der Waals surface area contributed by atoms with E-state index in [9.17, 15) is 4.79 Å². The molecule has 0 radical (unpaired) electrons. The predicted octanol–water partition coefficient (Wildman–Crippen LogP) is 1.56. The van der Waals surface area contributed by atoms with Gasteiger partial charge >= 0.3 is 0 Å². The van der Waals surface area contributed by atoms with Crippen molar-refractivity contribution in [1.82, 2.24) is 20.1 Å². The molecule has 0 aliphatic carbocycles. The Morgan fingerprint density at radius 1 is 1.22 bits per heavy atom. The van der Waals surface area contributed by atoms with Crippen LogP contribution in [0.4, 0.5) is 0 Å². The van der Waals surface area contributed by atoms with E-state index in [4.69, 9.17) is 9.47 Å². The smallest absolute Gasteiger partial charge is 0.259 e. The van der Waals surface area contributed by atoms with E-state index in [1.54, 1.807) is 41.6 Å². The number of nitrogens with zero attached hydrogens (tertiary/aromatic N) is 4. The number of carbonyl (C=O) groups excluding carboxylic acids is 1. The Labute approximate surface area is 134 Å². The second kappa shape index (κ2) is 7.04. The fourth-order valence-electron chi connectivity index (χ4n) is 2.58. The molecule has 0 saturated carbocycles. The highest BCUT2D eigenvalue weighted by molar-refractivity contribution is 5.96. The van der Waals surface area contributed by atoms with Gasteiger partial charge in [0.05, 0.1) is 7.11 Å². The molecule has 1 fully saturated rings. The van der Waals surface area contributed by atoms with Crippen LogP contribution >= 0.6 is 0 Å². The number of methoxy groups -OCH3 is 1. The first kappa shape index (κ1) is 15.2. The Bertz CT molecular complexity index is 657. The largest absolute Gasteiger partial charge is 0.480 e. The first-order valence-corrected chi connectivity index (χ1v) is 7.50. The number of carbonyl (C=O) groups is 1. The van der Waals surface area contributed by atoms with Gasteiger partial charge in [0.15, 0.2) is 0 Å². The van der Waals surface area contributed by atoms with Gasteiger partial charge < -0.3 is 14.4 Å². The second-order valence-corrected chi connectivity index (χ2v) is 5.23. The maximum atomic E-state index is 12.6. The van der Waals surface area contributed by atoms with Crippen molar-refractivity contribution in [3.05, 3.63) is 42.2 Å². The van der Waals surface area contributed by atoms with Gasteiger partial charge in [0.1, 0.15) is 11.7 Å². The van der Waals surface area contributed by atoms with Crippen LogP contribution in [0, 0.1) is 0 Å². The summed E-state index contributed by atoms with van der Waals surface area (Å²) in [4.78, 5) is 18.5. The highest BCUT2D eigenvalue weighted by Gasteiger charge is 2.26. The lowest BCUT2D eigenvalue weighted by molar-refractivity contribution is 0.0582. The summed E-state index contributed by atoms with van der Waals surface area (Å²) < 4.78 is 10.9. The van der Waals surface area contributed by atoms with Crippen molar-refractivity contribution in [2.75, 3.05) is 20.2 Å². The summed E-state index contributed by atoms with van der Waals surface area (Å²) in [5.74, 6) is 0.814. The number of pyridine rings is 1. The summed E-state index contributed by atoms with van der Waals surface area (Å²) in [5, 5.41) is 7.71. The number of piperidine rings is 1. The van der Waals surface area contributed by atoms with Gasteiger partial charge in [0.2, 0.25) is 11.8 Å². The molecule has 1 aliphatic heterocycles. The van der Waals surface area contributed by atoms with E-state index in [1.165, 1.54) is 7.11 Å². The van der Waals surface area contributed by atoms with Crippen molar-refractivity contribution in [1.29, 1.82) is 0 Å². The first-order valence-electron chi connectivity index (χ1n) is 7.50. The van der Waals surface area contributed by atoms with E-state index in [-0.39, 0.29) is 12.0 Å². The van der Waals surface area contributed by atoms with Crippen LogP contribution in [0.3, 0.4) is 0 Å². The minimum Gasteiger partial charge on any atom is -0.480 e. The average molecular weight is 314 g/mol. The summed E-state index contributed by atoms with van der Waals surface area (Å²) in [7, 11) is 1.51. The standard InChI is InChI=1S/C16H18N4O3/c1-22-15-13(4-2-8-17-15)16(21)20-10-6-12(7-11-20)23-14-5-3-9-18-19-14/h2-5,8-9,12H,6-7,10-11H2,1H3. The van der Waals surface area contributed by atoms with E-state index < -0.39 is 0 Å². The molecule has 1 aliphatic rings. The van der Waals surface area contributed by atoms with Gasteiger partial charge in [-0.25, -0.2) is 4.98 Å². The molecule has 0 N–H and O–H groups in total. The van der Waals surface area contributed by atoms with Crippen molar-refractivity contribution < 1.29 is 14.3 Å². The minimum absolute atomic E-state index is 0.0477. The zero-order chi connectivity index (χ0) is 16.1. The molecule has 7 nitrogen and oxygen atoms in total. The fourth-order valence-corrected chi connectivity index (χ4v) is 2.58. The lowest BCUT2D eigenvalue weighted by Gasteiger charge is -2.32. The molecule has 0 aromatic carbocycles. The van der Waals surface area contributed by atoms with Crippen molar-refractivity contribution >= 4 is 5.91 Å². The van der Waals surface area contributed by atoms with E-state index >= 15 is 0 Å². The number of hydrogen-bond donors (Lipinski definition) is 0. The Kier molecular flexibility index (Phi) is 4.65. The SMILES string of the molecule is COc1ncccc1C(=O)N1CCC(Oc2cccnn2)CC1. The van der Waals surface area contributed by atoms with E-state index in [0.717, 1.165) is 12.8 Å². The molecule has 0 atom stereocenters. The second-order valence-electron chi connectivity index (χ2n) is 5.23. The molecule has 0 unspecified atom stereocenters. The highest BCUT2D eigenvalue weighted by atomic mass is 16.5. The van der Waals surface area contributed by atoms with Crippen LogP contribution in [0.15, 0.2) is 36.7 Å². The molecule has 3 heterocycles. The molecule has 7 heteroatoms. The van der Waals surface area contributed by atoms with Crippen molar-refractivity contribution in [3.8, 4) is 11.8 Å². The molecule has 0 spiro atoms. The first-order chi connectivity index (χ1) is 11.3. The topological polar surface area (TPSA) is 77.4 Å². The van der Waals surface area contributed by atoms with Crippen molar-refractivity contribution in [2.24, 2.45) is 0 Å². The Morgan fingerprint density at radius 3 is 2.70 bits per heavy atom. The highest BCUT2D eigenvalue weighted by Crippen LogP contribution is 2.21. The summed E-state index contributed by atoms with van der Waals surface area (Å²) in [6.45, 7) is 1.25. The summed E-state index contributed by atoms with van der Waals surface area (Å²) in [6, 6.07) is 7.04. The van der Waals surface area contributed by atoms with Crippen molar-refractivity contribution in [2.45, 2.75) is 18.9 Å². The number of ether oxygens (including phenoxy) is 2. The summed E-state index contributed by atoms with van der Waals surface area (Å²) in [5.41, 5.74) is 0.489. The zero-order valence-corrected chi connectivity index (χ0v) is 12.9. The molecular formula is C16H18N4O3. The van der Waals surface area contributed by atoms with Crippen LogP contribution < -0.4 is 9.47 Å². The zero-order valence-electron chi connectivity index (χ0n) is 12.9. The predicted molar refractivity (Wildman–Crippen MR) is 82.4 cm³/mol. The maximum absolute atomic E-state index is 12.6.